The van der Waals surface area contributed by atoms with Gasteiger partial charge in [0.05, 0.1) is 12.1 Å². The van der Waals surface area contributed by atoms with Crippen LogP contribution >= 0.6 is 0 Å². The van der Waals surface area contributed by atoms with Crippen LogP contribution in [0.3, 0.4) is 0 Å². The van der Waals surface area contributed by atoms with E-state index >= 15 is 0 Å². The lowest BCUT2D eigenvalue weighted by molar-refractivity contribution is -0.132. The van der Waals surface area contributed by atoms with Crippen LogP contribution in [0.15, 0.2) is 48.5 Å². The van der Waals surface area contributed by atoms with Gasteiger partial charge >= 0.3 is 0 Å². The molecule has 2 atom stereocenters. The van der Waals surface area contributed by atoms with Gasteiger partial charge in [-0.05, 0) is 41.6 Å². The van der Waals surface area contributed by atoms with Crippen LogP contribution in [0, 0.1) is 0 Å². The van der Waals surface area contributed by atoms with Gasteiger partial charge in [-0.25, -0.2) is 0 Å². The van der Waals surface area contributed by atoms with Crippen LogP contribution in [0.1, 0.15) is 41.3 Å². The highest BCUT2D eigenvalue weighted by atomic mass is 16.2. The van der Waals surface area contributed by atoms with Gasteiger partial charge < -0.3 is 10.2 Å². The molecule has 0 aliphatic carbocycles. The van der Waals surface area contributed by atoms with E-state index < -0.39 is 0 Å². The number of carbonyl (C=O) groups is 1. The van der Waals surface area contributed by atoms with E-state index in [0.717, 1.165) is 25.9 Å². The molecule has 1 amide bonds. The molecule has 2 heterocycles. The minimum atomic E-state index is 0.0823. The van der Waals surface area contributed by atoms with Crippen molar-refractivity contribution in [1.82, 2.24) is 10.2 Å². The predicted molar refractivity (Wildman–Crippen MR) is 91.2 cm³/mol. The molecule has 3 nitrogen and oxygen atoms in total. The zero-order chi connectivity index (χ0) is 15.8. The molecular weight excluding hydrogens is 284 g/mol. The number of benzene rings is 2. The van der Waals surface area contributed by atoms with E-state index in [4.69, 9.17) is 0 Å². The van der Waals surface area contributed by atoms with E-state index in [0.29, 0.717) is 0 Å². The maximum absolute atomic E-state index is 12.3. The topological polar surface area (TPSA) is 32.3 Å². The maximum atomic E-state index is 12.3. The summed E-state index contributed by atoms with van der Waals surface area (Å²) in [4.78, 5) is 14.3. The molecule has 0 fully saturated rings. The molecule has 0 radical (unpaired) electrons. The number of hydrogen-bond donors (Lipinski definition) is 1. The Labute approximate surface area is 137 Å². The minimum absolute atomic E-state index is 0.0823. The Kier molecular flexibility index (Phi) is 3.66. The third-order valence-corrected chi connectivity index (χ3v) is 5.20. The Balaban J connectivity index is 1.83. The fraction of sp³-hybridized carbons (Fsp3) is 0.350. The number of carbonyl (C=O) groups excluding carboxylic acids is 1. The second kappa shape index (κ2) is 5.82. The quantitative estimate of drug-likeness (QED) is 0.878. The summed E-state index contributed by atoms with van der Waals surface area (Å²) in [6.45, 7) is 3.46. The molecule has 0 bridgehead atoms. The molecule has 2 aliphatic heterocycles. The SMILES string of the molecule is CC(=O)N1CCc2ccccc2[C@@H]1[C@@H]1NCCc2ccccc21. The van der Waals surface area contributed by atoms with Crippen molar-refractivity contribution >= 4 is 5.91 Å². The van der Waals surface area contributed by atoms with Crippen molar-refractivity contribution in [3.8, 4) is 0 Å². The zero-order valence-corrected chi connectivity index (χ0v) is 13.5. The molecule has 3 heteroatoms. The average Bonchev–Trinajstić information content (AvgIpc) is 2.60. The molecule has 1 N–H and O–H groups in total. The van der Waals surface area contributed by atoms with Crippen molar-refractivity contribution in [2.75, 3.05) is 13.1 Å². The largest absolute Gasteiger partial charge is 0.334 e. The number of hydrogen-bond acceptors (Lipinski definition) is 2. The molecule has 2 aliphatic rings. The van der Waals surface area contributed by atoms with Crippen LogP contribution < -0.4 is 5.32 Å². The Hall–Kier alpha value is -2.13. The van der Waals surface area contributed by atoms with Gasteiger partial charge in [0.1, 0.15) is 0 Å². The van der Waals surface area contributed by atoms with E-state index in [1.54, 1.807) is 6.92 Å². The Morgan fingerprint density at radius 2 is 1.65 bits per heavy atom. The summed E-state index contributed by atoms with van der Waals surface area (Å²) in [6.07, 6.45) is 2.00. The number of fused-ring (bicyclic) bond motifs is 2. The van der Waals surface area contributed by atoms with Crippen LogP contribution in [-0.4, -0.2) is 23.9 Å². The summed E-state index contributed by atoms with van der Waals surface area (Å²) >= 11 is 0. The third kappa shape index (κ3) is 2.45. The third-order valence-electron chi connectivity index (χ3n) is 5.20. The highest BCUT2D eigenvalue weighted by Gasteiger charge is 2.37. The normalized spacial score (nSPS) is 23.1. The van der Waals surface area contributed by atoms with Gasteiger partial charge in [-0.2, -0.15) is 0 Å². The van der Waals surface area contributed by atoms with E-state index in [1.165, 1.54) is 22.3 Å². The summed E-state index contributed by atoms with van der Waals surface area (Å²) in [5.41, 5.74) is 5.41. The van der Waals surface area contributed by atoms with Crippen LogP contribution in [0.5, 0.6) is 0 Å². The van der Waals surface area contributed by atoms with Crippen LogP contribution in [0.4, 0.5) is 0 Å². The number of rotatable bonds is 1. The standard InChI is InChI=1S/C20H22N2O/c1-14(23)22-13-11-16-7-3-5-9-18(16)20(22)19-17-8-4-2-6-15(17)10-12-21-19/h2-9,19-21H,10-13H2,1H3/t19-,20-/m1/s1. The van der Waals surface area contributed by atoms with Crippen molar-refractivity contribution in [3.05, 3.63) is 70.8 Å². The summed E-state index contributed by atoms with van der Waals surface area (Å²) in [5, 5.41) is 3.68. The van der Waals surface area contributed by atoms with E-state index in [-0.39, 0.29) is 18.0 Å². The first kappa shape index (κ1) is 14.5. The monoisotopic (exact) mass is 306 g/mol. The zero-order valence-electron chi connectivity index (χ0n) is 13.5. The first-order valence-corrected chi connectivity index (χ1v) is 8.42. The summed E-state index contributed by atoms with van der Waals surface area (Å²) in [7, 11) is 0. The second-order valence-corrected chi connectivity index (χ2v) is 6.49. The van der Waals surface area contributed by atoms with Crippen LogP contribution in [0.2, 0.25) is 0 Å². The van der Waals surface area contributed by atoms with Gasteiger partial charge in [0.25, 0.3) is 0 Å². The number of nitrogens with zero attached hydrogens (tertiary/aromatic N) is 1. The van der Waals surface area contributed by atoms with Crippen LogP contribution in [0.25, 0.3) is 0 Å². The fourth-order valence-electron chi connectivity index (χ4n) is 4.13. The van der Waals surface area contributed by atoms with Crippen molar-refractivity contribution in [3.63, 3.8) is 0 Å². The predicted octanol–water partition coefficient (Wildman–Crippen LogP) is 3.02. The molecule has 23 heavy (non-hydrogen) atoms. The Bertz CT molecular complexity index is 740. The first-order chi connectivity index (χ1) is 11.3. The molecule has 2 aromatic rings. The number of amides is 1. The van der Waals surface area contributed by atoms with Gasteiger partial charge in [0.15, 0.2) is 0 Å². The fourth-order valence-corrected chi connectivity index (χ4v) is 4.13. The lowest BCUT2D eigenvalue weighted by Gasteiger charge is -2.43. The van der Waals surface area contributed by atoms with E-state index in [1.807, 2.05) is 4.90 Å². The summed E-state index contributed by atoms with van der Waals surface area (Å²) in [6, 6.07) is 17.5. The molecule has 4 rings (SSSR count). The van der Waals surface area contributed by atoms with Crippen molar-refractivity contribution in [2.45, 2.75) is 31.8 Å². The van der Waals surface area contributed by atoms with Crippen LogP contribution in [-0.2, 0) is 17.6 Å². The highest BCUT2D eigenvalue weighted by Crippen LogP contribution is 2.41. The van der Waals surface area contributed by atoms with E-state index in [2.05, 4.69) is 53.8 Å². The van der Waals surface area contributed by atoms with Crippen molar-refractivity contribution in [2.24, 2.45) is 0 Å². The lowest BCUT2D eigenvalue weighted by Crippen LogP contribution is -2.46. The Morgan fingerprint density at radius 1 is 1.00 bits per heavy atom. The molecule has 0 saturated heterocycles. The minimum Gasteiger partial charge on any atom is -0.334 e. The maximum Gasteiger partial charge on any atom is 0.220 e. The molecule has 0 unspecified atom stereocenters. The number of nitrogens with one attached hydrogen (secondary N) is 1. The first-order valence-electron chi connectivity index (χ1n) is 8.42. The molecule has 2 aromatic carbocycles. The van der Waals surface area contributed by atoms with Gasteiger partial charge in [-0.3, -0.25) is 4.79 Å². The second-order valence-electron chi connectivity index (χ2n) is 6.49. The van der Waals surface area contributed by atoms with E-state index in [9.17, 15) is 4.79 Å². The molecule has 0 aromatic heterocycles. The van der Waals surface area contributed by atoms with Crippen molar-refractivity contribution in [1.29, 1.82) is 0 Å². The molecular formula is C20H22N2O. The average molecular weight is 306 g/mol. The van der Waals surface area contributed by atoms with Gasteiger partial charge in [0.2, 0.25) is 5.91 Å². The van der Waals surface area contributed by atoms with Crippen molar-refractivity contribution < 1.29 is 4.79 Å². The summed E-state index contributed by atoms with van der Waals surface area (Å²) < 4.78 is 0. The Morgan fingerprint density at radius 3 is 2.39 bits per heavy atom. The lowest BCUT2D eigenvalue weighted by atomic mass is 9.82. The van der Waals surface area contributed by atoms with Gasteiger partial charge in [0, 0.05) is 13.5 Å². The highest BCUT2D eigenvalue weighted by molar-refractivity contribution is 5.74. The molecule has 0 spiro atoms. The summed E-state index contributed by atoms with van der Waals surface area (Å²) in [5.74, 6) is 0.161. The molecule has 118 valence electrons. The smallest absolute Gasteiger partial charge is 0.220 e. The van der Waals surface area contributed by atoms with Gasteiger partial charge in [-0.1, -0.05) is 48.5 Å². The van der Waals surface area contributed by atoms with Gasteiger partial charge in [-0.15, -0.1) is 0 Å². The molecule has 0 saturated carbocycles.